The van der Waals surface area contributed by atoms with Gasteiger partial charge in [-0.1, -0.05) is 30.4 Å². The first kappa shape index (κ1) is 13.3. The van der Waals surface area contributed by atoms with E-state index in [9.17, 15) is 4.79 Å². The first-order chi connectivity index (χ1) is 4.77. The van der Waals surface area contributed by atoms with Crippen LogP contribution in [-0.4, -0.2) is 11.1 Å². The molecular weight excluding hydrogens is 151 g/mol. The molecule has 11 heavy (non-hydrogen) atoms. The molecule has 0 aromatic heterocycles. The van der Waals surface area contributed by atoms with Crippen LogP contribution >= 0.6 is 0 Å². The minimum Gasteiger partial charge on any atom is -1.00 e. The Balaban J connectivity index is -0.000000405. The fourth-order valence-electron chi connectivity index (χ4n) is 0.377. The molecule has 0 aromatic rings. The molecule has 0 spiro atoms. The van der Waals surface area contributed by atoms with Gasteiger partial charge >= 0.3 is 35.5 Å². The molecule has 0 amide bonds. The normalized spacial score (nSPS) is 11.0. The van der Waals surface area contributed by atoms with E-state index >= 15 is 0 Å². The fourth-order valence-corrected chi connectivity index (χ4v) is 0.377. The van der Waals surface area contributed by atoms with Crippen LogP contribution in [0.1, 0.15) is 8.35 Å². The Morgan fingerprint density at radius 2 is 1.82 bits per heavy atom. The molecule has 0 saturated heterocycles. The number of aliphatic carboxylic acids is 1. The molecule has 0 rings (SSSR count). The maximum Gasteiger partial charge on any atom is 1.00 e. The van der Waals surface area contributed by atoms with Gasteiger partial charge in [-0.15, -0.1) is 0 Å². The second-order valence-corrected chi connectivity index (χ2v) is 1.61. The number of carboxylic acids is 1. The molecule has 56 valence electrons. The van der Waals surface area contributed by atoms with E-state index in [-0.39, 0.29) is 31.0 Å². The van der Waals surface area contributed by atoms with Gasteiger partial charge in [-0.2, -0.15) is 0 Å². The van der Waals surface area contributed by atoms with Crippen molar-refractivity contribution in [1.82, 2.24) is 0 Å². The number of hydrogen-bond acceptors (Lipinski definition) is 1. The van der Waals surface area contributed by atoms with Gasteiger partial charge < -0.3 is 6.53 Å². The first-order valence-corrected chi connectivity index (χ1v) is 2.96. The Morgan fingerprint density at radius 1 is 1.27 bits per heavy atom. The van der Waals surface area contributed by atoms with Crippen molar-refractivity contribution in [3.63, 3.8) is 0 Å². The standard InChI is InChI=1S/C8H10O2.Na.H/c1-2-3-4-5-6-7-8(9)10;;/h2-7H,1H3,(H,9,10);;/q;+1;-1/b3-2+,5-4+,7-6+;;. The number of carbonyl (C=O) groups is 1. The molecule has 0 aliphatic heterocycles. The van der Waals surface area contributed by atoms with Crippen LogP contribution < -0.4 is 29.6 Å². The molecule has 1 N–H and O–H groups in total. The van der Waals surface area contributed by atoms with Crippen molar-refractivity contribution in [1.29, 1.82) is 0 Å². The molecule has 0 saturated carbocycles. The number of hydrogen-bond donors (Lipinski definition) is 1. The zero-order valence-electron chi connectivity index (χ0n) is 7.82. The van der Waals surface area contributed by atoms with Crippen LogP contribution in [0.5, 0.6) is 0 Å². The molecule has 3 heteroatoms. The van der Waals surface area contributed by atoms with Gasteiger partial charge in [0.25, 0.3) is 0 Å². The fraction of sp³-hybridized carbons (Fsp3) is 0.125. The number of carboxylic acid groups (broad SMARTS) is 1. The first-order valence-electron chi connectivity index (χ1n) is 2.96. The van der Waals surface area contributed by atoms with Crippen molar-refractivity contribution < 1.29 is 40.9 Å². The Hall–Kier alpha value is -0.310. The average molecular weight is 162 g/mol. The summed E-state index contributed by atoms with van der Waals surface area (Å²) in [6.45, 7) is 1.89. The van der Waals surface area contributed by atoms with Crippen molar-refractivity contribution in [3.8, 4) is 0 Å². The van der Waals surface area contributed by atoms with Crippen molar-refractivity contribution in [3.05, 3.63) is 36.5 Å². The van der Waals surface area contributed by atoms with E-state index in [1.165, 1.54) is 6.08 Å². The summed E-state index contributed by atoms with van der Waals surface area (Å²) in [6.07, 6.45) is 9.67. The summed E-state index contributed by atoms with van der Waals surface area (Å²) in [7, 11) is 0. The summed E-state index contributed by atoms with van der Waals surface area (Å²) < 4.78 is 0. The molecule has 0 aliphatic rings. The van der Waals surface area contributed by atoms with Gasteiger partial charge in [-0.25, -0.2) is 4.79 Å². The van der Waals surface area contributed by atoms with Crippen LogP contribution in [-0.2, 0) is 4.79 Å². The van der Waals surface area contributed by atoms with E-state index in [2.05, 4.69) is 0 Å². The van der Waals surface area contributed by atoms with Gasteiger partial charge in [0.05, 0.1) is 0 Å². The van der Waals surface area contributed by atoms with E-state index in [1.807, 2.05) is 19.1 Å². The van der Waals surface area contributed by atoms with Crippen LogP contribution in [0.2, 0.25) is 0 Å². The molecule has 0 aliphatic carbocycles. The minimum atomic E-state index is -0.926. The summed E-state index contributed by atoms with van der Waals surface area (Å²) >= 11 is 0. The van der Waals surface area contributed by atoms with E-state index in [4.69, 9.17) is 5.11 Å². The Morgan fingerprint density at radius 3 is 2.27 bits per heavy atom. The average Bonchev–Trinajstić information content (AvgIpc) is 1.87. The molecule has 0 radical (unpaired) electrons. The van der Waals surface area contributed by atoms with E-state index in [0.717, 1.165) is 6.08 Å². The number of allylic oxidation sites excluding steroid dienone is 5. The van der Waals surface area contributed by atoms with Crippen LogP contribution in [0.4, 0.5) is 0 Å². The molecular formula is C8H11NaO2. The summed E-state index contributed by atoms with van der Waals surface area (Å²) in [5, 5.41) is 8.13. The van der Waals surface area contributed by atoms with E-state index < -0.39 is 5.97 Å². The minimum absolute atomic E-state index is 0. The molecule has 0 heterocycles. The zero-order chi connectivity index (χ0) is 7.82. The summed E-state index contributed by atoms with van der Waals surface area (Å²) in [5.41, 5.74) is 0. The second kappa shape index (κ2) is 9.69. The van der Waals surface area contributed by atoms with Gasteiger partial charge in [0.1, 0.15) is 0 Å². The van der Waals surface area contributed by atoms with Gasteiger partial charge in [0, 0.05) is 6.08 Å². The Bertz CT molecular complexity index is 185. The predicted octanol–water partition coefficient (Wildman–Crippen LogP) is -1.12. The van der Waals surface area contributed by atoms with E-state index in [0.29, 0.717) is 0 Å². The van der Waals surface area contributed by atoms with Crippen molar-refractivity contribution >= 4 is 5.97 Å². The van der Waals surface area contributed by atoms with E-state index in [1.54, 1.807) is 12.2 Å². The number of rotatable bonds is 3. The van der Waals surface area contributed by atoms with Crippen LogP contribution in [0.25, 0.3) is 0 Å². The van der Waals surface area contributed by atoms with Gasteiger partial charge in [0.15, 0.2) is 0 Å². The van der Waals surface area contributed by atoms with Crippen LogP contribution in [0.3, 0.4) is 0 Å². The topological polar surface area (TPSA) is 37.3 Å². The SMILES string of the molecule is C/C=C/C=C/C=C/C(=O)O.[H-].[Na+]. The molecule has 2 nitrogen and oxygen atoms in total. The smallest absolute Gasteiger partial charge is 1.00 e. The zero-order valence-corrected chi connectivity index (χ0v) is 8.82. The Labute approximate surface area is 90.1 Å². The maximum absolute atomic E-state index is 9.89. The van der Waals surface area contributed by atoms with Gasteiger partial charge in [0.2, 0.25) is 0 Å². The maximum atomic E-state index is 9.89. The molecule has 0 fully saturated rings. The van der Waals surface area contributed by atoms with Crippen LogP contribution in [0, 0.1) is 0 Å². The summed E-state index contributed by atoms with van der Waals surface area (Å²) in [6, 6.07) is 0. The molecule has 0 aromatic carbocycles. The third-order valence-corrected chi connectivity index (χ3v) is 0.765. The quantitative estimate of drug-likeness (QED) is 0.324. The molecule has 0 atom stereocenters. The second-order valence-electron chi connectivity index (χ2n) is 1.61. The third-order valence-electron chi connectivity index (χ3n) is 0.765. The van der Waals surface area contributed by atoms with Crippen LogP contribution in [0.15, 0.2) is 36.5 Å². The summed E-state index contributed by atoms with van der Waals surface area (Å²) in [4.78, 5) is 9.89. The summed E-state index contributed by atoms with van der Waals surface area (Å²) in [5.74, 6) is -0.926. The van der Waals surface area contributed by atoms with Gasteiger partial charge in [-0.3, -0.25) is 0 Å². The Kier molecular flexibility index (Phi) is 11.7. The van der Waals surface area contributed by atoms with Crippen molar-refractivity contribution in [2.75, 3.05) is 0 Å². The monoisotopic (exact) mass is 162 g/mol. The van der Waals surface area contributed by atoms with Gasteiger partial charge in [-0.05, 0) is 6.92 Å². The van der Waals surface area contributed by atoms with Crippen molar-refractivity contribution in [2.24, 2.45) is 0 Å². The molecule has 0 bridgehead atoms. The van der Waals surface area contributed by atoms with Crippen molar-refractivity contribution in [2.45, 2.75) is 6.92 Å². The third kappa shape index (κ3) is 12.8. The predicted molar refractivity (Wildman–Crippen MR) is 41.8 cm³/mol. The molecule has 0 unspecified atom stereocenters. The largest absolute Gasteiger partial charge is 1.00 e.